The molecule has 150 valence electrons. The number of rotatable bonds is 7. The molecule has 27 heavy (non-hydrogen) atoms. The van der Waals surface area contributed by atoms with Gasteiger partial charge in [0.2, 0.25) is 0 Å². The lowest BCUT2D eigenvalue weighted by Gasteiger charge is -2.22. The van der Waals surface area contributed by atoms with Gasteiger partial charge in [0, 0.05) is 32.1 Å². The molecule has 0 saturated carbocycles. The molecular weight excluding hydrogens is 362 g/mol. The van der Waals surface area contributed by atoms with E-state index < -0.39 is 9.84 Å². The second-order valence-electron chi connectivity index (χ2n) is 7.57. The van der Waals surface area contributed by atoms with Gasteiger partial charge >= 0.3 is 0 Å². The highest BCUT2D eigenvalue weighted by Crippen LogP contribution is 2.20. The molecule has 0 radical (unpaired) electrons. The summed E-state index contributed by atoms with van der Waals surface area (Å²) in [6, 6.07) is 10.2. The molecule has 6 nitrogen and oxygen atoms in total. The number of likely N-dealkylation sites (tertiary alicyclic amines) is 1. The van der Waals surface area contributed by atoms with Gasteiger partial charge in [-0.3, -0.25) is 4.99 Å². The standard InChI is InChI=1S/C20H31N3O3S/c1-2-21-20(22-12-18-9-11-27(24,25)16-18)23-10-8-19(13-23)15-26-14-17-6-4-3-5-7-17/h3-7,18-19H,2,8-16H2,1H3,(H,21,22). The molecule has 0 spiro atoms. The van der Waals surface area contributed by atoms with E-state index in [0.717, 1.165) is 45.0 Å². The zero-order valence-electron chi connectivity index (χ0n) is 16.1. The van der Waals surface area contributed by atoms with E-state index in [0.29, 0.717) is 24.8 Å². The first-order chi connectivity index (χ1) is 13.1. The Bertz CT molecular complexity index is 721. The lowest BCUT2D eigenvalue weighted by atomic mass is 10.1. The van der Waals surface area contributed by atoms with Crippen LogP contribution < -0.4 is 5.32 Å². The predicted octanol–water partition coefficient (Wildman–Crippen LogP) is 1.93. The van der Waals surface area contributed by atoms with E-state index in [1.807, 2.05) is 18.2 Å². The number of hydrogen-bond acceptors (Lipinski definition) is 4. The number of aliphatic imine (C=N–C) groups is 1. The molecule has 2 atom stereocenters. The van der Waals surface area contributed by atoms with Crippen LogP contribution >= 0.6 is 0 Å². The Morgan fingerprint density at radius 3 is 2.78 bits per heavy atom. The van der Waals surface area contributed by atoms with E-state index in [4.69, 9.17) is 9.73 Å². The van der Waals surface area contributed by atoms with Crippen molar-refractivity contribution >= 4 is 15.8 Å². The highest BCUT2D eigenvalue weighted by molar-refractivity contribution is 7.91. The molecule has 2 fully saturated rings. The van der Waals surface area contributed by atoms with Crippen LogP contribution in [0.4, 0.5) is 0 Å². The lowest BCUT2D eigenvalue weighted by Crippen LogP contribution is -2.40. The van der Waals surface area contributed by atoms with Gasteiger partial charge in [-0.25, -0.2) is 8.42 Å². The van der Waals surface area contributed by atoms with Crippen LogP contribution in [0.2, 0.25) is 0 Å². The minimum atomic E-state index is -2.84. The summed E-state index contributed by atoms with van der Waals surface area (Å²) in [6.45, 7) is 6.78. The van der Waals surface area contributed by atoms with Gasteiger partial charge in [0.05, 0.1) is 24.7 Å². The van der Waals surface area contributed by atoms with Crippen LogP contribution in [0.5, 0.6) is 0 Å². The zero-order chi connectivity index (χ0) is 19.1. The van der Waals surface area contributed by atoms with Crippen LogP contribution in [-0.4, -0.2) is 63.6 Å². The minimum absolute atomic E-state index is 0.163. The van der Waals surface area contributed by atoms with E-state index in [-0.39, 0.29) is 11.7 Å². The smallest absolute Gasteiger partial charge is 0.193 e. The third-order valence-electron chi connectivity index (χ3n) is 5.21. The monoisotopic (exact) mass is 393 g/mol. The molecule has 2 saturated heterocycles. The second-order valence-corrected chi connectivity index (χ2v) is 9.79. The van der Waals surface area contributed by atoms with Gasteiger partial charge < -0.3 is 15.0 Å². The minimum Gasteiger partial charge on any atom is -0.376 e. The summed E-state index contributed by atoms with van der Waals surface area (Å²) in [5.41, 5.74) is 1.20. The number of guanidine groups is 1. The van der Waals surface area contributed by atoms with Crippen LogP contribution in [0.3, 0.4) is 0 Å². The average Bonchev–Trinajstić information content (AvgIpc) is 3.26. The molecule has 0 aliphatic carbocycles. The molecule has 0 bridgehead atoms. The summed E-state index contributed by atoms with van der Waals surface area (Å²) < 4.78 is 29.2. The molecule has 2 aliphatic rings. The van der Waals surface area contributed by atoms with Crippen LogP contribution in [0.15, 0.2) is 35.3 Å². The van der Waals surface area contributed by atoms with Crippen molar-refractivity contribution < 1.29 is 13.2 Å². The third-order valence-corrected chi connectivity index (χ3v) is 7.05. The number of nitrogens with zero attached hydrogens (tertiary/aromatic N) is 2. The van der Waals surface area contributed by atoms with E-state index >= 15 is 0 Å². The van der Waals surface area contributed by atoms with Gasteiger partial charge in [-0.2, -0.15) is 0 Å². The first-order valence-electron chi connectivity index (χ1n) is 9.91. The zero-order valence-corrected chi connectivity index (χ0v) is 17.0. The fourth-order valence-corrected chi connectivity index (χ4v) is 5.59. The van der Waals surface area contributed by atoms with Crippen molar-refractivity contribution in [3.05, 3.63) is 35.9 Å². The average molecular weight is 394 g/mol. The molecule has 2 aliphatic heterocycles. The molecule has 0 amide bonds. The largest absolute Gasteiger partial charge is 0.376 e. The van der Waals surface area contributed by atoms with Crippen LogP contribution in [-0.2, 0) is 21.2 Å². The molecule has 1 aromatic rings. The summed E-state index contributed by atoms with van der Waals surface area (Å²) in [4.78, 5) is 7.01. The van der Waals surface area contributed by atoms with Gasteiger partial charge in [-0.15, -0.1) is 0 Å². The maximum Gasteiger partial charge on any atom is 0.193 e. The molecule has 0 aromatic heterocycles. The Morgan fingerprint density at radius 2 is 2.07 bits per heavy atom. The van der Waals surface area contributed by atoms with E-state index in [1.54, 1.807) is 0 Å². The van der Waals surface area contributed by atoms with Crippen molar-refractivity contribution in [2.24, 2.45) is 16.8 Å². The fraction of sp³-hybridized carbons (Fsp3) is 0.650. The van der Waals surface area contributed by atoms with E-state index in [2.05, 4.69) is 29.3 Å². The SMILES string of the molecule is CCNC(=NCC1CCS(=O)(=O)C1)N1CCC(COCc2ccccc2)C1. The molecule has 3 rings (SSSR count). The van der Waals surface area contributed by atoms with Gasteiger partial charge in [-0.1, -0.05) is 30.3 Å². The predicted molar refractivity (Wildman–Crippen MR) is 109 cm³/mol. The summed E-state index contributed by atoms with van der Waals surface area (Å²) >= 11 is 0. The van der Waals surface area contributed by atoms with E-state index in [9.17, 15) is 8.42 Å². The molecular formula is C20H31N3O3S. The fourth-order valence-electron chi connectivity index (χ4n) is 3.74. The second kappa shape index (κ2) is 9.55. The van der Waals surface area contributed by atoms with Crippen LogP contribution in [0.1, 0.15) is 25.3 Å². The third kappa shape index (κ3) is 6.21. The summed E-state index contributed by atoms with van der Waals surface area (Å²) in [5.74, 6) is 2.17. The molecule has 2 unspecified atom stereocenters. The first kappa shape index (κ1) is 20.1. The van der Waals surface area contributed by atoms with E-state index in [1.165, 1.54) is 5.56 Å². The Morgan fingerprint density at radius 1 is 1.26 bits per heavy atom. The molecule has 1 N–H and O–H groups in total. The summed E-state index contributed by atoms with van der Waals surface area (Å²) in [7, 11) is -2.84. The van der Waals surface area contributed by atoms with Crippen molar-refractivity contribution in [1.82, 2.24) is 10.2 Å². The normalized spacial score (nSPS) is 25.1. The van der Waals surface area contributed by atoms with Crippen molar-refractivity contribution in [2.45, 2.75) is 26.4 Å². The Labute approximate surface area is 162 Å². The van der Waals surface area contributed by atoms with Gasteiger partial charge in [0.25, 0.3) is 0 Å². The van der Waals surface area contributed by atoms with Crippen molar-refractivity contribution in [1.29, 1.82) is 0 Å². The Hall–Kier alpha value is -1.60. The number of hydrogen-bond donors (Lipinski definition) is 1. The summed E-state index contributed by atoms with van der Waals surface area (Å²) in [5, 5.41) is 3.36. The topological polar surface area (TPSA) is 71.0 Å². The Balaban J connectivity index is 1.46. The number of benzene rings is 1. The number of ether oxygens (including phenoxy) is 1. The van der Waals surface area contributed by atoms with Gasteiger partial charge in [0.1, 0.15) is 0 Å². The summed E-state index contributed by atoms with van der Waals surface area (Å²) in [6.07, 6.45) is 1.83. The Kier molecular flexibility index (Phi) is 7.13. The maximum atomic E-state index is 11.6. The molecule has 2 heterocycles. The maximum absolute atomic E-state index is 11.6. The van der Waals surface area contributed by atoms with Crippen LogP contribution in [0, 0.1) is 11.8 Å². The van der Waals surface area contributed by atoms with Crippen molar-refractivity contribution in [2.75, 3.05) is 44.3 Å². The van der Waals surface area contributed by atoms with Crippen molar-refractivity contribution in [3.8, 4) is 0 Å². The molecule has 1 aromatic carbocycles. The van der Waals surface area contributed by atoms with Gasteiger partial charge in [-0.05, 0) is 31.2 Å². The highest BCUT2D eigenvalue weighted by atomic mass is 32.2. The molecule has 7 heteroatoms. The first-order valence-corrected chi connectivity index (χ1v) is 11.7. The quantitative estimate of drug-likeness (QED) is 0.566. The highest BCUT2D eigenvalue weighted by Gasteiger charge is 2.29. The number of sulfone groups is 1. The van der Waals surface area contributed by atoms with Crippen LogP contribution in [0.25, 0.3) is 0 Å². The van der Waals surface area contributed by atoms with Crippen molar-refractivity contribution in [3.63, 3.8) is 0 Å². The van der Waals surface area contributed by atoms with Gasteiger partial charge in [0.15, 0.2) is 15.8 Å². The number of nitrogens with one attached hydrogen (secondary N) is 1. The lowest BCUT2D eigenvalue weighted by molar-refractivity contribution is 0.0906.